The number of aliphatic hydroxyl groups excluding tert-OH is 1. The number of carbonyl (C=O) groups excluding carboxylic acids is 1. The molecule has 0 spiro atoms. The van der Waals surface area contributed by atoms with Crippen molar-refractivity contribution in [3.05, 3.63) is 11.6 Å². The van der Waals surface area contributed by atoms with Crippen LogP contribution in [0.25, 0.3) is 0 Å². The predicted octanol–water partition coefficient (Wildman–Crippen LogP) is 1.98. The van der Waals surface area contributed by atoms with E-state index in [9.17, 15) is 9.90 Å². The Kier molecular flexibility index (Phi) is 4.55. The van der Waals surface area contributed by atoms with Crippen LogP contribution in [0.5, 0.6) is 0 Å². The zero-order valence-electron chi connectivity index (χ0n) is 13.1. The molecule has 3 unspecified atom stereocenters. The predicted molar refractivity (Wildman–Crippen MR) is 78.3 cm³/mol. The molecular weight excluding hydrogens is 254 g/mol. The Morgan fingerprint density at radius 2 is 2.10 bits per heavy atom. The number of ether oxygens (including phenoxy) is 1. The molecule has 114 valence electrons. The van der Waals surface area contributed by atoms with Gasteiger partial charge in [0.25, 0.3) is 0 Å². The van der Waals surface area contributed by atoms with E-state index in [4.69, 9.17) is 4.74 Å². The molecule has 1 aliphatic heterocycles. The highest BCUT2D eigenvalue weighted by Crippen LogP contribution is 2.36. The first-order chi connectivity index (χ1) is 9.24. The van der Waals surface area contributed by atoms with Crippen molar-refractivity contribution in [1.82, 2.24) is 4.90 Å². The fourth-order valence-electron chi connectivity index (χ4n) is 3.28. The number of likely N-dealkylation sites (tertiary alicyclic amines) is 1. The van der Waals surface area contributed by atoms with E-state index in [0.717, 1.165) is 25.3 Å². The molecule has 0 aromatic carbocycles. The first-order valence-electron chi connectivity index (χ1n) is 7.52. The number of hydrogen-bond acceptors (Lipinski definition) is 4. The summed E-state index contributed by atoms with van der Waals surface area (Å²) in [4.78, 5) is 14.2. The molecule has 4 nitrogen and oxygen atoms in total. The zero-order valence-corrected chi connectivity index (χ0v) is 13.1. The van der Waals surface area contributed by atoms with Crippen LogP contribution in [0.2, 0.25) is 0 Å². The SMILES string of the molecule is CN1CC2CC=C(CC(O)C(=O)OC(C)(C)C)CC2C1. The van der Waals surface area contributed by atoms with Crippen LogP contribution in [0.4, 0.5) is 0 Å². The topological polar surface area (TPSA) is 49.8 Å². The summed E-state index contributed by atoms with van der Waals surface area (Å²) in [7, 11) is 2.16. The second-order valence-corrected chi connectivity index (χ2v) is 7.30. The van der Waals surface area contributed by atoms with Gasteiger partial charge in [-0.05, 0) is 52.5 Å². The average Bonchev–Trinajstić information content (AvgIpc) is 2.66. The summed E-state index contributed by atoms with van der Waals surface area (Å²) in [6, 6.07) is 0. The number of allylic oxidation sites excluding steroid dienone is 1. The third kappa shape index (κ3) is 4.06. The maximum atomic E-state index is 11.8. The van der Waals surface area contributed by atoms with E-state index in [2.05, 4.69) is 18.0 Å². The molecule has 0 bridgehead atoms. The Morgan fingerprint density at radius 1 is 1.45 bits per heavy atom. The Labute approximate surface area is 121 Å². The first kappa shape index (κ1) is 15.5. The molecule has 1 N–H and O–H groups in total. The molecular formula is C16H27NO3. The number of carbonyl (C=O) groups is 1. The van der Waals surface area contributed by atoms with Gasteiger partial charge in [-0.3, -0.25) is 0 Å². The second-order valence-electron chi connectivity index (χ2n) is 7.30. The maximum Gasteiger partial charge on any atom is 0.335 e. The van der Waals surface area contributed by atoms with Crippen LogP contribution < -0.4 is 0 Å². The number of rotatable bonds is 3. The lowest BCUT2D eigenvalue weighted by Gasteiger charge is -2.26. The van der Waals surface area contributed by atoms with Crippen molar-refractivity contribution >= 4 is 5.97 Å². The Morgan fingerprint density at radius 3 is 2.75 bits per heavy atom. The fraction of sp³-hybridized carbons (Fsp3) is 0.812. The van der Waals surface area contributed by atoms with Crippen molar-refractivity contribution in [2.45, 2.75) is 51.7 Å². The fourth-order valence-corrected chi connectivity index (χ4v) is 3.28. The lowest BCUT2D eigenvalue weighted by molar-refractivity contribution is -0.164. The van der Waals surface area contributed by atoms with Gasteiger partial charge in [0.1, 0.15) is 5.60 Å². The summed E-state index contributed by atoms with van der Waals surface area (Å²) in [5, 5.41) is 10.00. The van der Waals surface area contributed by atoms with Gasteiger partial charge < -0.3 is 14.7 Å². The van der Waals surface area contributed by atoms with Crippen molar-refractivity contribution < 1.29 is 14.6 Å². The molecule has 2 aliphatic rings. The molecule has 1 saturated heterocycles. The number of esters is 1. The number of hydrogen-bond donors (Lipinski definition) is 1. The molecule has 0 amide bonds. The number of nitrogens with zero attached hydrogens (tertiary/aromatic N) is 1. The standard InChI is InChI=1S/C16H27NO3/c1-16(2,3)20-15(19)14(18)8-11-5-6-12-9-17(4)10-13(12)7-11/h5,12-14,18H,6-10H2,1-4H3. The van der Waals surface area contributed by atoms with Crippen molar-refractivity contribution in [3.63, 3.8) is 0 Å². The minimum atomic E-state index is -1.03. The minimum Gasteiger partial charge on any atom is -0.458 e. The zero-order chi connectivity index (χ0) is 14.9. The summed E-state index contributed by atoms with van der Waals surface area (Å²) >= 11 is 0. The van der Waals surface area contributed by atoms with Gasteiger partial charge in [0.2, 0.25) is 0 Å². The normalized spacial score (nSPS) is 28.8. The van der Waals surface area contributed by atoms with Gasteiger partial charge in [-0.2, -0.15) is 0 Å². The van der Waals surface area contributed by atoms with Crippen LogP contribution in [0.3, 0.4) is 0 Å². The van der Waals surface area contributed by atoms with Crippen molar-refractivity contribution in [2.75, 3.05) is 20.1 Å². The summed E-state index contributed by atoms with van der Waals surface area (Å²) in [6.07, 6.45) is 3.69. The lowest BCUT2D eigenvalue weighted by Crippen LogP contribution is -2.32. The number of fused-ring (bicyclic) bond motifs is 1. The largest absolute Gasteiger partial charge is 0.458 e. The quantitative estimate of drug-likeness (QED) is 0.635. The van der Waals surface area contributed by atoms with Gasteiger partial charge in [0.15, 0.2) is 6.10 Å². The van der Waals surface area contributed by atoms with Crippen LogP contribution in [0.1, 0.15) is 40.0 Å². The van der Waals surface area contributed by atoms with Gasteiger partial charge in [-0.25, -0.2) is 4.79 Å². The second kappa shape index (κ2) is 5.86. The molecule has 1 fully saturated rings. The van der Waals surface area contributed by atoms with Crippen LogP contribution in [-0.4, -0.2) is 47.8 Å². The molecule has 1 aliphatic carbocycles. The van der Waals surface area contributed by atoms with Crippen LogP contribution >= 0.6 is 0 Å². The summed E-state index contributed by atoms with van der Waals surface area (Å²) in [5.41, 5.74) is 0.665. The van der Waals surface area contributed by atoms with Crippen molar-refractivity contribution in [3.8, 4) is 0 Å². The third-order valence-corrected chi connectivity index (χ3v) is 4.13. The monoisotopic (exact) mass is 281 g/mol. The molecule has 20 heavy (non-hydrogen) atoms. The third-order valence-electron chi connectivity index (χ3n) is 4.13. The molecule has 0 radical (unpaired) electrons. The number of aliphatic hydroxyl groups is 1. The molecule has 0 aromatic heterocycles. The molecule has 2 rings (SSSR count). The molecule has 3 atom stereocenters. The molecule has 0 aromatic rings. The van der Waals surface area contributed by atoms with E-state index < -0.39 is 17.7 Å². The van der Waals surface area contributed by atoms with Crippen LogP contribution in [-0.2, 0) is 9.53 Å². The van der Waals surface area contributed by atoms with Crippen molar-refractivity contribution in [1.29, 1.82) is 0 Å². The lowest BCUT2D eigenvalue weighted by atomic mass is 9.80. The van der Waals surface area contributed by atoms with E-state index in [0.29, 0.717) is 12.3 Å². The van der Waals surface area contributed by atoms with Gasteiger partial charge in [-0.15, -0.1) is 0 Å². The van der Waals surface area contributed by atoms with Gasteiger partial charge in [0, 0.05) is 19.5 Å². The van der Waals surface area contributed by atoms with E-state index in [1.807, 2.05) is 20.8 Å². The summed E-state index contributed by atoms with van der Waals surface area (Å²) in [5.74, 6) is 0.928. The van der Waals surface area contributed by atoms with E-state index in [1.165, 1.54) is 12.1 Å². The van der Waals surface area contributed by atoms with Gasteiger partial charge in [0.05, 0.1) is 0 Å². The molecule has 0 saturated carbocycles. The smallest absolute Gasteiger partial charge is 0.335 e. The highest BCUT2D eigenvalue weighted by Gasteiger charge is 2.34. The Hall–Kier alpha value is -0.870. The first-order valence-corrected chi connectivity index (χ1v) is 7.52. The van der Waals surface area contributed by atoms with Gasteiger partial charge >= 0.3 is 5.97 Å². The van der Waals surface area contributed by atoms with E-state index in [-0.39, 0.29) is 0 Å². The highest BCUT2D eigenvalue weighted by molar-refractivity contribution is 5.75. The molecule has 4 heteroatoms. The summed E-state index contributed by atoms with van der Waals surface area (Å²) < 4.78 is 5.22. The van der Waals surface area contributed by atoms with E-state index >= 15 is 0 Å². The van der Waals surface area contributed by atoms with E-state index in [1.54, 1.807) is 0 Å². The maximum absolute atomic E-state index is 11.8. The van der Waals surface area contributed by atoms with Gasteiger partial charge in [-0.1, -0.05) is 11.6 Å². The van der Waals surface area contributed by atoms with Crippen LogP contribution in [0.15, 0.2) is 11.6 Å². The Bertz CT molecular complexity index is 397. The van der Waals surface area contributed by atoms with Crippen LogP contribution in [0, 0.1) is 11.8 Å². The molecule has 1 heterocycles. The highest BCUT2D eigenvalue weighted by atomic mass is 16.6. The van der Waals surface area contributed by atoms with Crippen molar-refractivity contribution in [2.24, 2.45) is 11.8 Å². The minimum absolute atomic E-state index is 0.418. The summed E-state index contributed by atoms with van der Waals surface area (Å²) in [6.45, 7) is 7.75. The average molecular weight is 281 g/mol. The Balaban J connectivity index is 1.86.